The SMILES string of the molecule is O=C(O)COCCOc1ccccc1F. The molecule has 1 rings (SSSR count). The van der Waals surface area contributed by atoms with Gasteiger partial charge in [-0.15, -0.1) is 0 Å². The van der Waals surface area contributed by atoms with E-state index in [1.165, 1.54) is 12.1 Å². The minimum Gasteiger partial charge on any atom is -0.488 e. The Morgan fingerprint density at radius 3 is 2.73 bits per heavy atom. The number of halogens is 1. The van der Waals surface area contributed by atoms with Crippen LogP contribution in [0.5, 0.6) is 5.75 Å². The van der Waals surface area contributed by atoms with E-state index in [1.54, 1.807) is 12.1 Å². The van der Waals surface area contributed by atoms with Crippen molar-refractivity contribution < 1.29 is 23.8 Å². The number of para-hydroxylation sites is 1. The van der Waals surface area contributed by atoms with Crippen molar-refractivity contribution in [1.82, 2.24) is 0 Å². The number of hydrogen-bond donors (Lipinski definition) is 1. The highest BCUT2D eigenvalue weighted by atomic mass is 19.1. The van der Waals surface area contributed by atoms with Crippen molar-refractivity contribution >= 4 is 5.97 Å². The molecule has 0 aliphatic rings. The van der Waals surface area contributed by atoms with Crippen LogP contribution in [0.3, 0.4) is 0 Å². The molecular formula is C10H11FO4. The topological polar surface area (TPSA) is 55.8 Å². The quantitative estimate of drug-likeness (QED) is 0.725. The van der Waals surface area contributed by atoms with Gasteiger partial charge in [0.15, 0.2) is 11.6 Å². The number of hydrogen-bond acceptors (Lipinski definition) is 3. The van der Waals surface area contributed by atoms with Gasteiger partial charge in [-0.1, -0.05) is 12.1 Å². The molecule has 0 radical (unpaired) electrons. The summed E-state index contributed by atoms with van der Waals surface area (Å²) in [6, 6.07) is 5.99. The van der Waals surface area contributed by atoms with Crippen LogP contribution in [0.2, 0.25) is 0 Å². The zero-order chi connectivity index (χ0) is 11.1. The molecule has 0 saturated carbocycles. The molecule has 0 atom stereocenters. The molecule has 1 aromatic rings. The van der Waals surface area contributed by atoms with E-state index >= 15 is 0 Å². The summed E-state index contributed by atoms with van der Waals surface area (Å²) in [5, 5.41) is 8.25. The largest absolute Gasteiger partial charge is 0.488 e. The van der Waals surface area contributed by atoms with Gasteiger partial charge < -0.3 is 14.6 Å². The van der Waals surface area contributed by atoms with E-state index in [2.05, 4.69) is 0 Å². The molecule has 0 heterocycles. The van der Waals surface area contributed by atoms with Gasteiger partial charge in [-0.3, -0.25) is 0 Å². The van der Waals surface area contributed by atoms with Gasteiger partial charge in [-0.25, -0.2) is 9.18 Å². The van der Waals surface area contributed by atoms with Crippen LogP contribution < -0.4 is 4.74 Å². The Bertz CT molecular complexity index is 327. The standard InChI is InChI=1S/C10H11FO4/c11-8-3-1-2-4-9(8)15-6-5-14-7-10(12)13/h1-4H,5-7H2,(H,12,13). The summed E-state index contributed by atoms with van der Waals surface area (Å²) < 4.78 is 22.7. The number of aliphatic carboxylic acids is 1. The van der Waals surface area contributed by atoms with Gasteiger partial charge in [0.05, 0.1) is 6.61 Å². The third kappa shape index (κ3) is 4.42. The summed E-state index contributed by atoms with van der Waals surface area (Å²) in [5.41, 5.74) is 0. The predicted molar refractivity (Wildman–Crippen MR) is 50.3 cm³/mol. The first-order valence-corrected chi connectivity index (χ1v) is 4.37. The minimum absolute atomic E-state index is 0.112. The van der Waals surface area contributed by atoms with Gasteiger partial charge in [0.2, 0.25) is 0 Å². The fraction of sp³-hybridized carbons (Fsp3) is 0.300. The van der Waals surface area contributed by atoms with Crippen molar-refractivity contribution in [3.05, 3.63) is 30.1 Å². The Hall–Kier alpha value is -1.62. The van der Waals surface area contributed by atoms with E-state index in [-0.39, 0.29) is 25.6 Å². The zero-order valence-corrected chi connectivity index (χ0v) is 7.98. The van der Waals surface area contributed by atoms with Gasteiger partial charge in [0.25, 0.3) is 0 Å². The molecular weight excluding hydrogens is 203 g/mol. The first-order chi connectivity index (χ1) is 7.20. The van der Waals surface area contributed by atoms with E-state index in [9.17, 15) is 9.18 Å². The van der Waals surface area contributed by atoms with Crippen LogP contribution in [-0.4, -0.2) is 30.9 Å². The molecule has 0 aliphatic heterocycles. The fourth-order valence-electron chi connectivity index (χ4n) is 0.932. The number of carboxylic acids is 1. The lowest BCUT2D eigenvalue weighted by Crippen LogP contribution is -2.12. The molecule has 5 heteroatoms. The molecule has 0 spiro atoms. The molecule has 0 aromatic heterocycles. The summed E-state index contributed by atoms with van der Waals surface area (Å²) in [6.07, 6.45) is 0. The van der Waals surface area contributed by atoms with Crippen molar-refractivity contribution in [3.8, 4) is 5.75 Å². The molecule has 0 fully saturated rings. The Morgan fingerprint density at radius 2 is 2.07 bits per heavy atom. The number of carbonyl (C=O) groups is 1. The molecule has 0 unspecified atom stereocenters. The number of benzene rings is 1. The normalized spacial score (nSPS) is 9.93. The summed E-state index contributed by atoms with van der Waals surface area (Å²) in [5.74, 6) is -1.35. The average Bonchev–Trinajstić information content (AvgIpc) is 2.20. The lowest BCUT2D eigenvalue weighted by Gasteiger charge is -2.06. The molecule has 0 saturated heterocycles. The molecule has 1 N–H and O–H groups in total. The fourth-order valence-corrected chi connectivity index (χ4v) is 0.932. The van der Waals surface area contributed by atoms with Gasteiger partial charge in [0, 0.05) is 0 Å². The first kappa shape index (κ1) is 11.5. The third-order valence-electron chi connectivity index (χ3n) is 1.55. The molecule has 4 nitrogen and oxygen atoms in total. The van der Waals surface area contributed by atoms with Crippen LogP contribution >= 0.6 is 0 Å². The van der Waals surface area contributed by atoms with Crippen LogP contribution in [0, 0.1) is 5.82 Å². The highest BCUT2D eigenvalue weighted by molar-refractivity contribution is 5.67. The van der Waals surface area contributed by atoms with Crippen LogP contribution in [-0.2, 0) is 9.53 Å². The van der Waals surface area contributed by atoms with E-state index in [0.717, 1.165) is 0 Å². The molecule has 0 amide bonds. The lowest BCUT2D eigenvalue weighted by atomic mass is 10.3. The second kappa shape index (κ2) is 5.98. The van der Waals surface area contributed by atoms with Gasteiger partial charge in [-0.05, 0) is 12.1 Å². The van der Waals surface area contributed by atoms with E-state index in [4.69, 9.17) is 14.6 Å². The molecule has 0 aliphatic carbocycles. The van der Waals surface area contributed by atoms with Crippen LogP contribution in [0.4, 0.5) is 4.39 Å². The van der Waals surface area contributed by atoms with Crippen molar-refractivity contribution in [3.63, 3.8) is 0 Å². The van der Waals surface area contributed by atoms with Crippen LogP contribution in [0.15, 0.2) is 24.3 Å². The number of ether oxygens (including phenoxy) is 2. The minimum atomic E-state index is -1.04. The Balaban J connectivity index is 2.21. The highest BCUT2D eigenvalue weighted by Gasteiger charge is 2.01. The van der Waals surface area contributed by atoms with Gasteiger partial charge in [-0.2, -0.15) is 0 Å². The van der Waals surface area contributed by atoms with Gasteiger partial charge in [0.1, 0.15) is 13.2 Å². The second-order valence-corrected chi connectivity index (χ2v) is 2.73. The van der Waals surface area contributed by atoms with E-state index < -0.39 is 11.8 Å². The highest BCUT2D eigenvalue weighted by Crippen LogP contribution is 2.14. The summed E-state index contributed by atoms with van der Waals surface area (Å²) >= 11 is 0. The molecule has 0 bridgehead atoms. The van der Waals surface area contributed by atoms with Crippen molar-refractivity contribution in [2.75, 3.05) is 19.8 Å². The summed E-state index contributed by atoms with van der Waals surface area (Å²) in [4.78, 5) is 10.1. The molecule has 15 heavy (non-hydrogen) atoms. The maximum absolute atomic E-state index is 13.0. The summed E-state index contributed by atoms with van der Waals surface area (Å²) in [7, 11) is 0. The third-order valence-corrected chi connectivity index (χ3v) is 1.55. The van der Waals surface area contributed by atoms with E-state index in [0.29, 0.717) is 0 Å². The Morgan fingerprint density at radius 1 is 1.33 bits per heavy atom. The van der Waals surface area contributed by atoms with Crippen molar-refractivity contribution in [2.24, 2.45) is 0 Å². The number of rotatable bonds is 6. The Kier molecular flexibility index (Phi) is 4.56. The monoisotopic (exact) mass is 214 g/mol. The van der Waals surface area contributed by atoms with Crippen LogP contribution in [0.1, 0.15) is 0 Å². The van der Waals surface area contributed by atoms with Gasteiger partial charge >= 0.3 is 5.97 Å². The number of carboxylic acid groups (broad SMARTS) is 1. The Labute approximate surface area is 86.2 Å². The van der Waals surface area contributed by atoms with Crippen LogP contribution in [0.25, 0.3) is 0 Å². The predicted octanol–water partition coefficient (Wildman–Crippen LogP) is 1.31. The second-order valence-electron chi connectivity index (χ2n) is 2.73. The van der Waals surface area contributed by atoms with Crippen molar-refractivity contribution in [2.45, 2.75) is 0 Å². The lowest BCUT2D eigenvalue weighted by molar-refractivity contribution is -0.142. The smallest absolute Gasteiger partial charge is 0.329 e. The molecule has 82 valence electrons. The zero-order valence-electron chi connectivity index (χ0n) is 7.98. The average molecular weight is 214 g/mol. The van der Waals surface area contributed by atoms with Crippen molar-refractivity contribution in [1.29, 1.82) is 0 Å². The maximum atomic E-state index is 13.0. The first-order valence-electron chi connectivity index (χ1n) is 4.37. The maximum Gasteiger partial charge on any atom is 0.329 e. The summed E-state index contributed by atoms with van der Waals surface area (Å²) in [6.45, 7) is -0.143. The molecule has 1 aromatic carbocycles. The van der Waals surface area contributed by atoms with E-state index in [1.807, 2.05) is 0 Å².